The fraction of sp³-hybridized carbons (Fsp3) is 0.263. The van der Waals surface area contributed by atoms with Gasteiger partial charge in [0.25, 0.3) is 0 Å². The lowest BCUT2D eigenvalue weighted by Crippen LogP contribution is -2.16. The van der Waals surface area contributed by atoms with Crippen LogP contribution < -0.4 is 5.32 Å². The minimum Gasteiger partial charge on any atom is -0.469 e. The van der Waals surface area contributed by atoms with Gasteiger partial charge in [0.15, 0.2) is 16.8 Å². The highest BCUT2D eigenvalue weighted by Gasteiger charge is 2.17. The zero-order valence-electron chi connectivity index (χ0n) is 15.4. The topological polar surface area (TPSA) is 90.0 Å². The number of ketones is 1. The average molecular weight is 384 g/mol. The first-order chi connectivity index (χ1) is 13.0. The third kappa shape index (κ3) is 4.11. The second-order valence-electron chi connectivity index (χ2n) is 5.88. The summed E-state index contributed by atoms with van der Waals surface area (Å²) in [5.41, 5.74) is 1.89. The van der Waals surface area contributed by atoms with Crippen molar-refractivity contribution in [2.75, 3.05) is 11.1 Å². The van der Waals surface area contributed by atoms with Crippen LogP contribution in [0.2, 0.25) is 0 Å². The predicted molar refractivity (Wildman–Crippen MR) is 104 cm³/mol. The Morgan fingerprint density at radius 1 is 1.22 bits per heavy atom. The molecule has 1 N–H and O–H groups in total. The van der Waals surface area contributed by atoms with Crippen LogP contribution in [-0.2, 0) is 11.3 Å². The Balaban J connectivity index is 1.71. The van der Waals surface area contributed by atoms with Crippen molar-refractivity contribution in [3.63, 3.8) is 0 Å². The van der Waals surface area contributed by atoms with E-state index in [4.69, 9.17) is 4.42 Å². The van der Waals surface area contributed by atoms with Gasteiger partial charge in [0.1, 0.15) is 5.76 Å². The lowest BCUT2D eigenvalue weighted by molar-refractivity contribution is -0.113. The van der Waals surface area contributed by atoms with E-state index in [0.717, 1.165) is 11.3 Å². The number of nitrogens with zero attached hydrogens (tertiary/aromatic N) is 3. The van der Waals surface area contributed by atoms with Gasteiger partial charge < -0.3 is 14.3 Å². The first-order valence-electron chi connectivity index (χ1n) is 8.51. The highest BCUT2D eigenvalue weighted by molar-refractivity contribution is 7.99. The first-order valence-corrected chi connectivity index (χ1v) is 9.50. The van der Waals surface area contributed by atoms with Crippen LogP contribution in [0.15, 0.2) is 46.2 Å². The van der Waals surface area contributed by atoms with Gasteiger partial charge in [0, 0.05) is 12.1 Å². The van der Waals surface area contributed by atoms with Gasteiger partial charge in [-0.25, -0.2) is 0 Å². The van der Waals surface area contributed by atoms with Crippen LogP contribution in [0.4, 0.5) is 5.69 Å². The number of carbonyl (C=O) groups excluding carboxylic acids is 2. The minimum absolute atomic E-state index is 0.0931. The summed E-state index contributed by atoms with van der Waals surface area (Å²) >= 11 is 1.30. The van der Waals surface area contributed by atoms with Crippen LogP contribution in [-0.4, -0.2) is 32.2 Å². The Kier molecular flexibility index (Phi) is 5.75. The van der Waals surface area contributed by atoms with Gasteiger partial charge in [-0.05, 0) is 39.0 Å². The number of nitrogens with one attached hydrogen (secondary N) is 1. The van der Waals surface area contributed by atoms with Crippen LogP contribution in [0.3, 0.4) is 0 Å². The molecule has 2 aromatic heterocycles. The monoisotopic (exact) mass is 384 g/mol. The number of anilines is 1. The molecule has 0 radical (unpaired) electrons. The fourth-order valence-corrected chi connectivity index (χ4v) is 3.51. The van der Waals surface area contributed by atoms with Gasteiger partial charge in [-0.3, -0.25) is 9.59 Å². The lowest BCUT2D eigenvalue weighted by Gasteiger charge is -2.09. The smallest absolute Gasteiger partial charge is 0.234 e. The molecule has 8 heteroatoms. The summed E-state index contributed by atoms with van der Waals surface area (Å²) in [5.74, 6) is 1.35. The summed E-state index contributed by atoms with van der Waals surface area (Å²) in [4.78, 5) is 24.0. The van der Waals surface area contributed by atoms with Crippen molar-refractivity contribution < 1.29 is 14.0 Å². The summed E-state index contributed by atoms with van der Waals surface area (Å²) in [5, 5.41) is 11.9. The number of para-hydroxylation sites is 1. The number of aryl methyl sites for hydroxylation is 1. The summed E-state index contributed by atoms with van der Waals surface area (Å²) in [7, 11) is 0. The molecular formula is C19H20N4O3S. The van der Waals surface area contributed by atoms with Crippen molar-refractivity contribution in [2.45, 2.75) is 32.5 Å². The molecule has 0 aliphatic heterocycles. The number of rotatable bonds is 7. The van der Waals surface area contributed by atoms with Crippen molar-refractivity contribution in [3.05, 3.63) is 47.9 Å². The third-order valence-corrected chi connectivity index (χ3v) is 5.01. The quantitative estimate of drug-likeness (QED) is 0.492. The maximum atomic E-state index is 12.3. The SMILES string of the molecule is CCn1c(SCC(=O)Nc2ccccc2C(C)=O)nnc1-c1ccoc1C. The first kappa shape index (κ1) is 18.9. The third-order valence-electron chi connectivity index (χ3n) is 4.05. The maximum absolute atomic E-state index is 12.3. The summed E-state index contributed by atoms with van der Waals surface area (Å²) in [6.45, 7) is 6.01. The number of aromatic nitrogens is 3. The Morgan fingerprint density at radius 3 is 2.67 bits per heavy atom. The molecule has 140 valence electrons. The average Bonchev–Trinajstić information content (AvgIpc) is 3.25. The molecule has 0 atom stereocenters. The van der Waals surface area contributed by atoms with E-state index in [1.807, 2.05) is 24.5 Å². The van der Waals surface area contributed by atoms with Crippen molar-refractivity contribution in [1.82, 2.24) is 14.8 Å². The van der Waals surface area contributed by atoms with E-state index in [1.54, 1.807) is 30.5 Å². The van der Waals surface area contributed by atoms with Gasteiger partial charge in [0.05, 0.1) is 23.3 Å². The summed E-state index contributed by atoms with van der Waals surface area (Å²) in [6.07, 6.45) is 1.62. The molecule has 0 unspecified atom stereocenters. The Labute approximate surface area is 161 Å². The molecule has 27 heavy (non-hydrogen) atoms. The Hall–Kier alpha value is -2.87. The minimum atomic E-state index is -0.208. The number of hydrogen-bond donors (Lipinski definition) is 1. The van der Waals surface area contributed by atoms with Crippen molar-refractivity contribution >= 4 is 29.1 Å². The van der Waals surface area contributed by atoms with E-state index in [0.29, 0.717) is 28.8 Å². The van der Waals surface area contributed by atoms with E-state index in [1.165, 1.54) is 18.7 Å². The molecule has 0 saturated carbocycles. The lowest BCUT2D eigenvalue weighted by atomic mass is 10.1. The van der Waals surface area contributed by atoms with E-state index < -0.39 is 0 Å². The second-order valence-corrected chi connectivity index (χ2v) is 6.82. The molecule has 7 nitrogen and oxygen atoms in total. The summed E-state index contributed by atoms with van der Waals surface area (Å²) < 4.78 is 7.29. The molecule has 3 rings (SSSR count). The number of furan rings is 1. The normalized spacial score (nSPS) is 10.8. The molecule has 0 saturated heterocycles. The number of carbonyl (C=O) groups is 2. The molecule has 1 aromatic carbocycles. The number of hydrogen-bond acceptors (Lipinski definition) is 6. The van der Waals surface area contributed by atoms with E-state index in [-0.39, 0.29) is 17.4 Å². The molecule has 3 aromatic rings. The Bertz CT molecular complexity index is 977. The maximum Gasteiger partial charge on any atom is 0.234 e. The zero-order chi connectivity index (χ0) is 19.4. The number of benzene rings is 1. The number of thioether (sulfide) groups is 1. The van der Waals surface area contributed by atoms with Crippen molar-refractivity contribution in [1.29, 1.82) is 0 Å². The molecule has 0 spiro atoms. The van der Waals surface area contributed by atoms with Gasteiger partial charge in [0.2, 0.25) is 5.91 Å². The van der Waals surface area contributed by atoms with Gasteiger partial charge in [-0.2, -0.15) is 0 Å². The molecular weight excluding hydrogens is 364 g/mol. The van der Waals surface area contributed by atoms with Crippen LogP contribution in [0.25, 0.3) is 11.4 Å². The van der Waals surface area contributed by atoms with Gasteiger partial charge in [-0.15, -0.1) is 10.2 Å². The van der Waals surface area contributed by atoms with Crippen LogP contribution in [0.1, 0.15) is 30.0 Å². The molecule has 2 heterocycles. The van der Waals surface area contributed by atoms with Crippen LogP contribution >= 0.6 is 11.8 Å². The molecule has 0 bridgehead atoms. The zero-order valence-corrected chi connectivity index (χ0v) is 16.2. The number of amides is 1. The van der Waals surface area contributed by atoms with E-state index in [2.05, 4.69) is 15.5 Å². The number of Topliss-reactive ketones (excluding diaryl/α,β-unsaturated/α-hetero) is 1. The van der Waals surface area contributed by atoms with Crippen LogP contribution in [0, 0.1) is 6.92 Å². The molecule has 0 fully saturated rings. The molecule has 1 amide bonds. The Morgan fingerprint density at radius 2 is 2.00 bits per heavy atom. The van der Waals surface area contributed by atoms with Crippen molar-refractivity contribution in [3.8, 4) is 11.4 Å². The molecule has 0 aliphatic carbocycles. The van der Waals surface area contributed by atoms with Gasteiger partial charge in [-0.1, -0.05) is 23.9 Å². The highest BCUT2D eigenvalue weighted by atomic mass is 32.2. The van der Waals surface area contributed by atoms with E-state index >= 15 is 0 Å². The standard InChI is InChI=1S/C19H20N4O3S/c1-4-23-18(15-9-10-26-13(15)3)21-22-19(23)27-11-17(25)20-16-8-6-5-7-14(16)12(2)24/h5-10H,4,11H2,1-3H3,(H,20,25). The molecule has 0 aliphatic rings. The predicted octanol–water partition coefficient (Wildman–Crippen LogP) is 3.80. The van der Waals surface area contributed by atoms with Crippen LogP contribution in [0.5, 0.6) is 0 Å². The fourth-order valence-electron chi connectivity index (χ4n) is 2.71. The van der Waals surface area contributed by atoms with Gasteiger partial charge >= 0.3 is 0 Å². The van der Waals surface area contributed by atoms with Crippen molar-refractivity contribution in [2.24, 2.45) is 0 Å². The second kappa shape index (κ2) is 8.22. The highest BCUT2D eigenvalue weighted by Crippen LogP contribution is 2.27. The van der Waals surface area contributed by atoms with E-state index in [9.17, 15) is 9.59 Å². The summed E-state index contributed by atoms with van der Waals surface area (Å²) in [6, 6.07) is 8.81. The largest absolute Gasteiger partial charge is 0.469 e.